The molecule has 0 unspecified atom stereocenters. The van der Waals surface area contributed by atoms with Crippen LogP contribution in [0.5, 0.6) is 0 Å². The molecule has 0 aliphatic heterocycles. The standard InChI is InChI=1S/C17H29N3S/c1-4-19(5-2)11-8-12-20(6-3)14-17-13-16(15-21-17)9-7-10-18/h13,15H,4-6,8,10-12,14,18H2,1-3H3. The molecule has 0 aromatic carbocycles. The third-order valence-electron chi connectivity index (χ3n) is 3.66. The van der Waals surface area contributed by atoms with Gasteiger partial charge in [0.2, 0.25) is 0 Å². The Balaban J connectivity index is 2.41. The molecule has 0 bridgehead atoms. The topological polar surface area (TPSA) is 32.5 Å². The van der Waals surface area contributed by atoms with E-state index in [4.69, 9.17) is 5.73 Å². The first kappa shape index (κ1) is 18.2. The number of hydrogen-bond donors (Lipinski definition) is 1. The van der Waals surface area contributed by atoms with Gasteiger partial charge < -0.3 is 10.6 Å². The molecule has 0 saturated heterocycles. The molecular formula is C17H29N3S. The van der Waals surface area contributed by atoms with E-state index in [2.05, 4.69) is 53.9 Å². The summed E-state index contributed by atoms with van der Waals surface area (Å²) in [5.41, 5.74) is 6.50. The number of hydrogen-bond acceptors (Lipinski definition) is 4. The van der Waals surface area contributed by atoms with E-state index in [0.717, 1.165) is 38.3 Å². The lowest BCUT2D eigenvalue weighted by molar-refractivity contribution is 0.240. The number of nitrogens with zero attached hydrogens (tertiary/aromatic N) is 2. The minimum Gasteiger partial charge on any atom is -0.320 e. The van der Waals surface area contributed by atoms with E-state index in [1.54, 1.807) is 11.3 Å². The summed E-state index contributed by atoms with van der Waals surface area (Å²) in [6, 6.07) is 2.19. The van der Waals surface area contributed by atoms with Crippen LogP contribution >= 0.6 is 11.3 Å². The van der Waals surface area contributed by atoms with Crippen molar-refractivity contribution in [3.8, 4) is 11.8 Å². The van der Waals surface area contributed by atoms with Gasteiger partial charge in [0, 0.05) is 22.4 Å². The first-order valence-corrected chi connectivity index (χ1v) is 8.82. The minimum atomic E-state index is 0.428. The van der Waals surface area contributed by atoms with E-state index in [1.807, 2.05) is 0 Å². The van der Waals surface area contributed by atoms with E-state index in [-0.39, 0.29) is 0 Å². The molecule has 2 N–H and O–H groups in total. The highest BCUT2D eigenvalue weighted by Gasteiger charge is 2.07. The average molecular weight is 308 g/mol. The smallest absolute Gasteiger partial charge is 0.0555 e. The Hall–Kier alpha value is -0.860. The second-order valence-corrected chi connectivity index (χ2v) is 6.05. The van der Waals surface area contributed by atoms with Gasteiger partial charge in [-0.1, -0.05) is 32.6 Å². The predicted molar refractivity (Wildman–Crippen MR) is 93.6 cm³/mol. The van der Waals surface area contributed by atoms with Gasteiger partial charge in [0.15, 0.2) is 0 Å². The van der Waals surface area contributed by atoms with Crippen LogP contribution < -0.4 is 5.73 Å². The third kappa shape index (κ3) is 7.10. The Labute approximate surface area is 134 Å². The second-order valence-electron chi connectivity index (χ2n) is 5.06. The van der Waals surface area contributed by atoms with Crippen molar-refractivity contribution in [3.63, 3.8) is 0 Å². The molecule has 0 aliphatic carbocycles. The van der Waals surface area contributed by atoms with Gasteiger partial charge >= 0.3 is 0 Å². The van der Waals surface area contributed by atoms with Crippen molar-refractivity contribution in [2.45, 2.75) is 33.7 Å². The van der Waals surface area contributed by atoms with Crippen LogP contribution in [-0.2, 0) is 6.54 Å². The second kappa shape index (κ2) is 10.8. The summed E-state index contributed by atoms with van der Waals surface area (Å²) in [6.07, 6.45) is 1.24. The van der Waals surface area contributed by atoms with Crippen LogP contribution in [0.1, 0.15) is 37.6 Å². The molecule has 21 heavy (non-hydrogen) atoms. The molecule has 4 heteroatoms. The molecule has 0 spiro atoms. The van der Waals surface area contributed by atoms with Crippen molar-refractivity contribution in [2.24, 2.45) is 5.73 Å². The van der Waals surface area contributed by atoms with Crippen molar-refractivity contribution in [1.82, 2.24) is 9.80 Å². The maximum atomic E-state index is 5.41. The zero-order valence-electron chi connectivity index (χ0n) is 13.7. The highest BCUT2D eigenvalue weighted by molar-refractivity contribution is 7.10. The van der Waals surface area contributed by atoms with E-state index < -0.39 is 0 Å². The molecule has 0 saturated carbocycles. The highest BCUT2D eigenvalue weighted by atomic mass is 32.1. The quantitative estimate of drug-likeness (QED) is 0.712. The highest BCUT2D eigenvalue weighted by Crippen LogP contribution is 2.16. The summed E-state index contributed by atoms with van der Waals surface area (Å²) in [4.78, 5) is 6.38. The van der Waals surface area contributed by atoms with Gasteiger partial charge in [-0.3, -0.25) is 4.90 Å². The number of rotatable bonds is 9. The molecule has 0 aliphatic rings. The van der Waals surface area contributed by atoms with Crippen molar-refractivity contribution in [2.75, 3.05) is 39.3 Å². The van der Waals surface area contributed by atoms with Gasteiger partial charge in [-0.25, -0.2) is 0 Å². The van der Waals surface area contributed by atoms with Gasteiger partial charge in [-0.05, 0) is 45.2 Å². The molecular weight excluding hydrogens is 278 g/mol. The van der Waals surface area contributed by atoms with Crippen LogP contribution in [0, 0.1) is 11.8 Å². The third-order valence-corrected chi connectivity index (χ3v) is 4.58. The Bertz CT molecular complexity index is 440. The lowest BCUT2D eigenvalue weighted by Crippen LogP contribution is -2.29. The van der Waals surface area contributed by atoms with Crippen molar-refractivity contribution < 1.29 is 0 Å². The maximum Gasteiger partial charge on any atom is 0.0555 e. The summed E-state index contributed by atoms with van der Waals surface area (Å²) in [6.45, 7) is 13.9. The van der Waals surface area contributed by atoms with Crippen LogP contribution in [0.25, 0.3) is 0 Å². The fraction of sp³-hybridized carbons (Fsp3) is 0.647. The molecule has 1 rings (SSSR count). The lowest BCUT2D eigenvalue weighted by Gasteiger charge is -2.22. The monoisotopic (exact) mass is 307 g/mol. The van der Waals surface area contributed by atoms with Crippen molar-refractivity contribution >= 4 is 11.3 Å². The minimum absolute atomic E-state index is 0.428. The summed E-state index contributed by atoms with van der Waals surface area (Å²) in [7, 11) is 0. The van der Waals surface area contributed by atoms with Crippen LogP contribution in [0.3, 0.4) is 0 Å². The average Bonchev–Trinajstić information content (AvgIpc) is 2.95. The molecule has 0 fully saturated rings. The van der Waals surface area contributed by atoms with E-state index in [9.17, 15) is 0 Å². The Kier molecular flexibility index (Phi) is 9.36. The van der Waals surface area contributed by atoms with Gasteiger partial charge in [-0.15, -0.1) is 11.3 Å². The first-order valence-electron chi connectivity index (χ1n) is 7.94. The summed E-state index contributed by atoms with van der Waals surface area (Å²) in [5.74, 6) is 6.01. The summed E-state index contributed by atoms with van der Waals surface area (Å²) >= 11 is 1.80. The van der Waals surface area contributed by atoms with E-state index in [1.165, 1.54) is 17.8 Å². The lowest BCUT2D eigenvalue weighted by atomic mass is 10.3. The van der Waals surface area contributed by atoms with Gasteiger partial charge in [0.05, 0.1) is 6.54 Å². The van der Waals surface area contributed by atoms with Crippen molar-refractivity contribution in [1.29, 1.82) is 0 Å². The molecule has 0 amide bonds. The number of nitrogens with two attached hydrogens (primary N) is 1. The molecule has 0 radical (unpaired) electrons. The van der Waals surface area contributed by atoms with Crippen LogP contribution in [0.15, 0.2) is 11.4 Å². The SMILES string of the molecule is CCN(CC)CCCN(CC)Cc1cc(C#CCN)cs1. The fourth-order valence-electron chi connectivity index (χ4n) is 2.31. The summed E-state index contributed by atoms with van der Waals surface area (Å²) in [5, 5.41) is 2.13. The van der Waals surface area contributed by atoms with Gasteiger partial charge in [0.1, 0.15) is 0 Å². The molecule has 1 aromatic rings. The van der Waals surface area contributed by atoms with Crippen LogP contribution in [0.2, 0.25) is 0 Å². The first-order chi connectivity index (χ1) is 10.2. The molecule has 0 atom stereocenters. The zero-order valence-corrected chi connectivity index (χ0v) is 14.5. The Morgan fingerprint density at radius 1 is 1.10 bits per heavy atom. The molecule has 118 valence electrons. The predicted octanol–water partition coefficient (Wildman–Crippen LogP) is 2.61. The molecule has 1 aromatic heterocycles. The van der Waals surface area contributed by atoms with Gasteiger partial charge in [-0.2, -0.15) is 0 Å². The normalized spacial score (nSPS) is 11.0. The van der Waals surface area contributed by atoms with Gasteiger partial charge in [0.25, 0.3) is 0 Å². The maximum absolute atomic E-state index is 5.41. The van der Waals surface area contributed by atoms with E-state index in [0.29, 0.717) is 6.54 Å². The summed E-state index contributed by atoms with van der Waals surface area (Å²) < 4.78 is 0. The molecule has 3 nitrogen and oxygen atoms in total. The van der Waals surface area contributed by atoms with E-state index >= 15 is 0 Å². The Morgan fingerprint density at radius 3 is 2.38 bits per heavy atom. The van der Waals surface area contributed by atoms with Crippen LogP contribution in [0.4, 0.5) is 0 Å². The number of thiophene rings is 1. The molecule has 1 heterocycles. The fourth-order valence-corrected chi connectivity index (χ4v) is 3.17. The zero-order chi connectivity index (χ0) is 15.5. The largest absolute Gasteiger partial charge is 0.320 e. The Morgan fingerprint density at radius 2 is 1.76 bits per heavy atom. The van der Waals surface area contributed by atoms with Crippen molar-refractivity contribution in [3.05, 3.63) is 21.9 Å². The van der Waals surface area contributed by atoms with Crippen LogP contribution in [-0.4, -0.2) is 49.1 Å².